The summed E-state index contributed by atoms with van der Waals surface area (Å²) in [6.45, 7) is 1.65. The third kappa shape index (κ3) is 4.32. The highest BCUT2D eigenvalue weighted by Crippen LogP contribution is 2.40. The molecule has 0 unspecified atom stereocenters. The molecule has 0 bridgehead atoms. The van der Waals surface area contributed by atoms with Gasteiger partial charge in [0.25, 0.3) is 5.91 Å². The summed E-state index contributed by atoms with van der Waals surface area (Å²) in [6.07, 6.45) is 1.56. The second-order valence-electron chi connectivity index (χ2n) is 7.15. The van der Waals surface area contributed by atoms with E-state index in [2.05, 4.69) is 0 Å². The van der Waals surface area contributed by atoms with Crippen LogP contribution in [0.15, 0.2) is 53.2 Å². The molecule has 9 heteroatoms. The van der Waals surface area contributed by atoms with E-state index in [4.69, 9.17) is 23.7 Å². The molecule has 0 spiro atoms. The number of anilines is 1. The molecule has 2 aromatic rings. The Kier molecular flexibility index (Phi) is 7.25. The zero-order valence-corrected chi connectivity index (χ0v) is 19.8. The van der Waals surface area contributed by atoms with Gasteiger partial charge < -0.3 is 23.7 Å². The molecule has 178 valence electrons. The van der Waals surface area contributed by atoms with Crippen molar-refractivity contribution in [2.45, 2.75) is 6.92 Å². The van der Waals surface area contributed by atoms with Gasteiger partial charge in [0.2, 0.25) is 5.75 Å². The summed E-state index contributed by atoms with van der Waals surface area (Å²) in [5, 5.41) is 0. The third-order valence-corrected chi connectivity index (χ3v) is 5.33. The lowest BCUT2D eigenvalue weighted by Gasteiger charge is -2.18. The minimum absolute atomic E-state index is 0.123. The van der Waals surface area contributed by atoms with Gasteiger partial charge >= 0.3 is 11.9 Å². The van der Waals surface area contributed by atoms with Gasteiger partial charge in [0.1, 0.15) is 0 Å². The first-order chi connectivity index (χ1) is 16.3. The maximum Gasteiger partial charge on any atom is 0.340 e. The van der Waals surface area contributed by atoms with Gasteiger partial charge in [-0.2, -0.15) is 0 Å². The van der Waals surface area contributed by atoms with Crippen LogP contribution in [-0.4, -0.2) is 53.4 Å². The smallest absolute Gasteiger partial charge is 0.340 e. The number of carbonyl (C=O) groups is 3. The predicted octanol–water partition coefficient (Wildman–Crippen LogP) is 3.38. The molecule has 2 aromatic carbocycles. The Morgan fingerprint density at radius 2 is 1.38 bits per heavy atom. The lowest BCUT2D eigenvalue weighted by molar-refractivity contribution is -0.136. The zero-order chi connectivity index (χ0) is 25.0. The molecular formula is C25H25NO8. The molecule has 1 aliphatic rings. The fourth-order valence-electron chi connectivity index (χ4n) is 3.71. The van der Waals surface area contributed by atoms with Crippen LogP contribution >= 0.6 is 0 Å². The van der Waals surface area contributed by atoms with Gasteiger partial charge in [0, 0.05) is 11.4 Å². The molecule has 9 nitrogen and oxygen atoms in total. The average molecular weight is 467 g/mol. The van der Waals surface area contributed by atoms with Crippen LogP contribution < -0.4 is 19.1 Å². The first kappa shape index (κ1) is 24.4. The minimum Gasteiger partial charge on any atom is -0.493 e. The Balaban J connectivity index is 2.13. The van der Waals surface area contributed by atoms with Crippen molar-refractivity contribution >= 4 is 29.6 Å². The summed E-state index contributed by atoms with van der Waals surface area (Å²) in [5.74, 6) is -0.387. The molecule has 0 radical (unpaired) electrons. The highest BCUT2D eigenvalue weighted by molar-refractivity contribution is 6.23. The van der Waals surface area contributed by atoms with Gasteiger partial charge in [0.05, 0.1) is 52.3 Å². The van der Waals surface area contributed by atoms with Crippen molar-refractivity contribution in [1.82, 2.24) is 0 Å². The van der Waals surface area contributed by atoms with Gasteiger partial charge in [-0.05, 0) is 55.0 Å². The van der Waals surface area contributed by atoms with Crippen molar-refractivity contribution < 1.29 is 38.1 Å². The number of methoxy groups -OCH3 is 5. The third-order valence-electron chi connectivity index (χ3n) is 5.33. The topological polar surface area (TPSA) is 101 Å². The van der Waals surface area contributed by atoms with E-state index in [-0.39, 0.29) is 11.1 Å². The first-order valence-corrected chi connectivity index (χ1v) is 10.1. The number of allylic oxidation sites excluding steroid dienone is 1. The van der Waals surface area contributed by atoms with Crippen LogP contribution in [0.4, 0.5) is 5.69 Å². The minimum atomic E-state index is -0.654. The largest absolute Gasteiger partial charge is 0.493 e. The van der Waals surface area contributed by atoms with Crippen molar-refractivity contribution in [3.05, 3.63) is 64.4 Å². The van der Waals surface area contributed by atoms with Crippen molar-refractivity contribution in [3.63, 3.8) is 0 Å². The van der Waals surface area contributed by atoms with E-state index in [1.54, 1.807) is 49.4 Å². The van der Waals surface area contributed by atoms with Gasteiger partial charge in [-0.1, -0.05) is 0 Å². The molecular weight excluding hydrogens is 442 g/mol. The van der Waals surface area contributed by atoms with E-state index in [9.17, 15) is 14.4 Å². The highest BCUT2D eigenvalue weighted by Gasteiger charge is 2.38. The number of hydrogen-bond donors (Lipinski definition) is 0. The van der Waals surface area contributed by atoms with Crippen LogP contribution in [0.3, 0.4) is 0 Å². The van der Waals surface area contributed by atoms with Crippen LogP contribution in [0.2, 0.25) is 0 Å². The zero-order valence-electron chi connectivity index (χ0n) is 19.8. The van der Waals surface area contributed by atoms with Crippen molar-refractivity contribution in [2.75, 3.05) is 40.4 Å². The molecule has 3 rings (SSSR count). The van der Waals surface area contributed by atoms with Crippen molar-refractivity contribution in [3.8, 4) is 17.2 Å². The van der Waals surface area contributed by atoms with Crippen molar-refractivity contribution in [1.29, 1.82) is 0 Å². The van der Waals surface area contributed by atoms with E-state index in [0.29, 0.717) is 39.8 Å². The lowest BCUT2D eigenvalue weighted by Crippen LogP contribution is -2.24. The predicted molar refractivity (Wildman–Crippen MR) is 124 cm³/mol. The monoisotopic (exact) mass is 467 g/mol. The van der Waals surface area contributed by atoms with Crippen LogP contribution in [-0.2, 0) is 19.1 Å². The molecule has 34 heavy (non-hydrogen) atoms. The molecule has 0 saturated heterocycles. The average Bonchev–Trinajstić information content (AvgIpc) is 3.11. The lowest BCUT2D eigenvalue weighted by atomic mass is 10.0. The number of rotatable bonds is 7. The Morgan fingerprint density at radius 1 is 0.824 bits per heavy atom. The van der Waals surface area contributed by atoms with E-state index in [0.717, 1.165) is 0 Å². The molecule has 0 fully saturated rings. The summed E-state index contributed by atoms with van der Waals surface area (Å²) >= 11 is 0. The van der Waals surface area contributed by atoms with Gasteiger partial charge in [-0.25, -0.2) is 9.59 Å². The Bertz CT molecular complexity index is 1170. The highest BCUT2D eigenvalue weighted by atomic mass is 16.5. The second kappa shape index (κ2) is 10.1. The summed E-state index contributed by atoms with van der Waals surface area (Å²) < 4.78 is 25.8. The molecule has 0 aliphatic carbocycles. The number of nitrogens with zero attached hydrogens (tertiary/aromatic N) is 1. The number of esters is 2. The maximum atomic E-state index is 13.5. The fourth-order valence-corrected chi connectivity index (χ4v) is 3.71. The molecule has 0 atom stereocenters. The molecule has 0 N–H and O–H groups in total. The Hall–Kier alpha value is -4.27. The first-order valence-electron chi connectivity index (χ1n) is 10.1. The summed E-state index contributed by atoms with van der Waals surface area (Å²) in [6, 6.07) is 9.62. The summed E-state index contributed by atoms with van der Waals surface area (Å²) in [4.78, 5) is 39.3. The molecule has 1 heterocycles. The number of amides is 1. The fraction of sp³-hybridized carbons (Fsp3) is 0.240. The standard InChI is InChI=1S/C25H25NO8/c1-14-21(25(29)34-6)18(11-15-12-19(30-2)22(32-4)20(13-15)31-3)23(27)26(14)17-9-7-16(8-10-17)24(28)33-5/h7-13H,1-6H3/b18-11-. The number of benzene rings is 2. The molecule has 1 aliphatic heterocycles. The number of hydrogen-bond acceptors (Lipinski definition) is 8. The van der Waals surface area contributed by atoms with Crippen LogP contribution in [0.25, 0.3) is 6.08 Å². The molecule has 0 aromatic heterocycles. The molecule has 1 amide bonds. The van der Waals surface area contributed by atoms with E-state index in [1.807, 2.05) is 0 Å². The number of ether oxygens (including phenoxy) is 5. The maximum absolute atomic E-state index is 13.5. The Labute approximate surface area is 197 Å². The number of carbonyl (C=O) groups excluding carboxylic acids is 3. The quantitative estimate of drug-likeness (QED) is 0.451. The summed E-state index contributed by atoms with van der Waals surface area (Å²) in [5.41, 5.74) is 2.01. The summed E-state index contributed by atoms with van der Waals surface area (Å²) in [7, 11) is 6.99. The van der Waals surface area contributed by atoms with E-state index < -0.39 is 17.8 Å². The van der Waals surface area contributed by atoms with Crippen LogP contribution in [0.1, 0.15) is 22.8 Å². The second-order valence-corrected chi connectivity index (χ2v) is 7.15. The SMILES string of the molecule is COC(=O)C1=C(C)N(c2ccc(C(=O)OC)cc2)C(=O)/C1=C\c1cc(OC)c(OC)c(OC)c1. The van der Waals surface area contributed by atoms with E-state index in [1.165, 1.54) is 40.4 Å². The van der Waals surface area contributed by atoms with E-state index >= 15 is 0 Å². The molecule has 0 saturated carbocycles. The van der Waals surface area contributed by atoms with Gasteiger partial charge in [-0.15, -0.1) is 0 Å². The van der Waals surface area contributed by atoms with Crippen LogP contribution in [0.5, 0.6) is 17.2 Å². The normalized spacial score (nSPS) is 14.4. The van der Waals surface area contributed by atoms with Crippen molar-refractivity contribution in [2.24, 2.45) is 0 Å². The van der Waals surface area contributed by atoms with Gasteiger partial charge in [0.15, 0.2) is 11.5 Å². The van der Waals surface area contributed by atoms with Crippen LogP contribution in [0, 0.1) is 0 Å². The Morgan fingerprint density at radius 3 is 1.85 bits per heavy atom. The van der Waals surface area contributed by atoms with Gasteiger partial charge in [-0.3, -0.25) is 9.69 Å².